The average molecular weight is 435 g/mol. The number of fused-ring (bicyclic) bond motifs is 1. The third-order valence-corrected chi connectivity index (χ3v) is 6.51. The molecule has 1 aromatic carbocycles. The van der Waals surface area contributed by atoms with Crippen molar-refractivity contribution in [3.8, 4) is 0 Å². The Morgan fingerprint density at radius 2 is 1.97 bits per heavy atom. The molecule has 1 unspecified atom stereocenters. The van der Waals surface area contributed by atoms with Gasteiger partial charge >= 0.3 is 0 Å². The summed E-state index contributed by atoms with van der Waals surface area (Å²) in [6.45, 7) is 8.29. The highest BCUT2D eigenvalue weighted by atomic mass is 16.2. The standard InChI is InChI=1S/C26H34N4O2/c1-18(2)15-23(31)29-13-8-12-21(17-29)25-27-19(3)22-16-24(32)30(26(22)28-25)14-7-11-20-9-5-4-6-10-20/h4-6,9-10,18,21H,7-8,11-17H2,1-3H3. The van der Waals surface area contributed by atoms with Crippen LogP contribution in [0.5, 0.6) is 0 Å². The number of rotatable bonds is 7. The van der Waals surface area contributed by atoms with Crippen LogP contribution in [0.2, 0.25) is 0 Å². The van der Waals surface area contributed by atoms with E-state index in [1.165, 1.54) is 5.56 Å². The fourth-order valence-corrected chi connectivity index (χ4v) is 4.79. The molecule has 1 aromatic heterocycles. The zero-order valence-electron chi connectivity index (χ0n) is 19.5. The van der Waals surface area contributed by atoms with Gasteiger partial charge in [0.05, 0.1) is 6.42 Å². The molecule has 4 rings (SSSR count). The number of hydrogen-bond acceptors (Lipinski definition) is 4. The molecular formula is C26H34N4O2. The summed E-state index contributed by atoms with van der Waals surface area (Å²) in [5.41, 5.74) is 3.14. The zero-order valence-corrected chi connectivity index (χ0v) is 19.5. The first kappa shape index (κ1) is 22.4. The van der Waals surface area contributed by atoms with Crippen LogP contribution >= 0.6 is 0 Å². The Morgan fingerprint density at radius 1 is 1.19 bits per heavy atom. The minimum Gasteiger partial charge on any atom is -0.342 e. The summed E-state index contributed by atoms with van der Waals surface area (Å²) in [6, 6.07) is 10.4. The quantitative estimate of drug-likeness (QED) is 0.659. The molecule has 0 N–H and O–H groups in total. The molecule has 170 valence electrons. The van der Waals surface area contributed by atoms with Crippen LogP contribution < -0.4 is 4.90 Å². The highest BCUT2D eigenvalue weighted by Gasteiger charge is 2.33. The summed E-state index contributed by atoms with van der Waals surface area (Å²) in [5, 5.41) is 0. The fourth-order valence-electron chi connectivity index (χ4n) is 4.79. The van der Waals surface area contributed by atoms with Crippen molar-refractivity contribution in [3.05, 3.63) is 53.0 Å². The predicted octanol–water partition coefficient (Wildman–Crippen LogP) is 4.06. The number of likely N-dealkylation sites (tertiary alicyclic amines) is 1. The molecule has 1 atom stereocenters. The molecule has 0 saturated carbocycles. The van der Waals surface area contributed by atoms with Gasteiger partial charge in [-0.1, -0.05) is 44.2 Å². The van der Waals surface area contributed by atoms with E-state index in [9.17, 15) is 9.59 Å². The van der Waals surface area contributed by atoms with Gasteiger partial charge in [0.1, 0.15) is 11.6 Å². The van der Waals surface area contributed by atoms with E-state index < -0.39 is 0 Å². The van der Waals surface area contributed by atoms with Gasteiger partial charge in [0, 0.05) is 43.2 Å². The number of piperidine rings is 1. The van der Waals surface area contributed by atoms with Crippen LogP contribution in [0.3, 0.4) is 0 Å². The number of amides is 2. The Morgan fingerprint density at radius 3 is 2.72 bits per heavy atom. The van der Waals surface area contributed by atoms with Crippen LogP contribution in [0.25, 0.3) is 0 Å². The maximum absolute atomic E-state index is 12.8. The first-order valence-electron chi connectivity index (χ1n) is 11.9. The van der Waals surface area contributed by atoms with Crippen molar-refractivity contribution in [3.63, 3.8) is 0 Å². The smallest absolute Gasteiger partial charge is 0.232 e. The first-order valence-corrected chi connectivity index (χ1v) is 11.9. The second-order valence-electron chi connectivity index (χ2n) is 9.56. The highest BCUT2D eigenvalue weighted by Crippen LogP contribution is 2.33. The van der Waals surface area contributed by atoms with E-state index in [1.54, 1.807) is 0 Å². The van der Waals surface area contributed by atoms with Crippen LogP contribution in [-0.4, -0.2) is 46.3 Å². The normalized spacial score (nSPS) is 18.4. The second-order valence-corrected chi connectivity index (χ2v) is 9.56. The molecule has 6 heteroatoms. The molecule has 1 saturated heterocycles. The number of aromatic nitrogens is 2. The fraction of sp³-hybridized carbons (Fsp3) is 0.538. The number of benzene rings is 1. The summed E-state index contributed by atoms with van der Waals surface area (Å²) in [4.78, 5) is 38.9. The van der Waals surface area contributed by atoms with Crippen LogP contribution in [0, 0.1) is 12.8 Å². The lowest BCUT2D eigenvalue weighted by molar-refractivity contribution is -0.133. The number of carbonyl (C=O) groups excluding carboxylic acids is 2. The molecule has 32 heavy (non-hydrogen) atoms. The first-order chi connectivity index (χ1) is 15.4. The Bertz CT molecular complexity index is 973. The Balaban J connectivity index is 1.48. The van der Waals surface area contributed by atoms with Gasteiger partial charge in [-0.15, -0.1) is 0 Å². The Labute approximate surface area is 191 Å². The maximum atomic E-state index is 12.8. The predicted molar refractivity (Wildman–Crippen MR) is 126 cm³/mol. The van der Waals surface area contributed by atoms with Crippen LogP contribution in [0.15, 0.2) is 30.3 Å². The van der Waals surface area contributed by atoms with Gasteiger partial charge in [0.2, 0.25) is 11.8 Å². The monoisotopic (exact) mass is 434 g/mol. The largest absolute Gasteiger partial charge is 0.342 e. The number of nitrogens with zero attached hydrogens (tertiary/aromatic N) is 4. The Kier molecular flexibility index (Phi) is 6.87. The van der Waals surface area contributed by atoms with Crippen molar-refractivity contribution in [1.82, 2.24) is 14.9 Å². The van der Waals surface area contributed by atoms with Gasteiger partial charge in [0.25, 0.3) is 0 Å². The van der Waals surface area contributed by atoms with Gasteiger partial charge in [-0.2, -0.15) is 0 Å². The van der Waals surface area contributed by atoms with E-state index in [0.29, 0.717) is 31.8 Å². The third kappa shape index (κ3) is 5.00. The molecular weight excluding hydrogens is 400 g/mol. The van der Waals surface area contributed by atoms with E-state index in [2.05, 4.69) is 26.0 Å². The highest BCUT2D eigenvalue weighted by molar-refractivity contribution is 6.00. The molecule has 0 radical (unpaired) electrons. The average Bonchev–Trinajstić information content (AvgIpc) is 3.10. The molecule has 0 bridgehead atoms. The number of anilines is 1. The SMILES string of the molecule is Cc1nc(C2CCCN(C(=O)CC(C)C)C2)nc2c1CC(=O)N2CCCc1ccccc1. The minimum atomic E-state index is 0.111. The van der Waals surface area contributed by atoms with Crippen LogP contribution in [0.1, 0.15) is 68.1 Å². The molecule has 0 spiro atoms. The molecule has 2 aromatic rings. The van der Waals surface area contributed by atoms with Gasteiger partial charge in [-0.25, -0.2) is 9.97 Å². The van der Waals surface area contributed by atoms with E-state index in [1.807, 2.05) is 34.9 Å². The molecule has 1 fully saturated rings. The van der Waals surface area contributed by atoms with Gasteiger partial charge in [-0.05, 0) is 44.1 Å². The summed E-state index contributed by atoms with van der Waals surface area (Å²) in [5.74, 6) is 2.39. The van der Waals surface area contributed by atoms with Gasteiger partial charge in [0.15, 0.2) is 0 Å². The summed E-state index contributed by atoms with van der Waals surface area (Å²) >= 11 is 0. The van der Waals surface area contributed by atoms with E-state index >= 15 is 0 Å². The molecule has 3 heterocycles. The summed E-state index contributed by atoms with van der Waals surface area (Å²) in [6.07, 6.45) is 4.75. The van der Waals surface area contributed by atoms with Crippen LogP contribution in [-0.2, 0) is 22.4 Å². The zero-order chi connectivity index (χ0) is 22.7. The maximum Gasteiger partial charge on any atom is 0.232 e. The number of carbonyl (C=O) groups is 2. The molecule has 2 amide bonds. The summed E-state index contributed by atoms with van der Waals surface area (Å²) in [7, 11) is 0. The third-order valence-electron chi connectivity index (χ3n) is 6.51. The van der Waals surface area contributed by atoms with E-state index in [-0.39, 0.29) is 17.7 Å². The van der Waals surface area contributed by atoms with Gasteiger partial charge < -0.3 is 4.90 Å². The van der Waals surface area contributed by atoms with Gasteiger partial charge in [-0.3, -0.25) is 14.5 Å². The van der Waals surface area contributed by atoms with Crippen LogP contribution in [0.4, 0.5) is 5.82 Å². The molecule has 2 aliphatic rings. The number of hydrogen-bond donors (Lipinski definition) is 0. The van der Waals surface area contributed by atoms with E-state index in [0.717, 1.165) is 55.1 Å². The van der Waals surface area contributed by atoms with Crippen molar-refractivity contribution >= 4 is 17.6 Å². The van der Waals surface area contributed by atoms with Crippen molar-refractivity contribution in [2.45, 2.75) is 65.2 Å². The molecule has 6 nitrogen and oxygen atoms in total. The van der Waals surface area contributed by atoms with E-state index in [4.69, 9.17) is 9.97 Å². The van der Waals surface area contributed by atoms with Crippen molar-refractivity contribution < 1.29 is 9.59 Å². The molecule has 2 aliphatic heterocycles. The van der Waals surface area contributed by atoms with Crippen molar-refractivity contribution in [2.75, 3.05) is 24.5 Å². The molecule has 0 aliphatic carbocycles. The minimum absolute atomic E-state index is 0.111. The number of aryl methyl sites for hydroxylation is 2. The topological polar surface area (TPSA) is 66.4 Å². The lowest BCUT2D eigenvalue weighted by Crippen LogP contribution is -2.40. The van der Waals surface area contributed by atoms with Crippen molar-refractivity contribution in [2.24, 2.45) is 5.92 Å². The Hall–Kier alpha value is -2.76. The lowest BCUT2D eigenvalue weighted by Gasteiger charge is -2.33. The lowest BCUT2D eigenvalue weighted by atomic mass is 9.96. The summed E-state index contributed by atoms with van der Waals surface area (Å²) < 4.78 is 0. The second kappa shape index (κ2) is 9.80. The van der Waals surface area contributed by atoms with Crippen molar-refractivity contribution in [1.29, 1.82) is 0 Å².